The Bertz CT molecular complexity index is 1600. The van der Waals surface area contributed by atoms with E-state index >= 15 is 0 Å². The van der Waals surface area contributed by atoms with Crippen LogP contribution in [0.5, 0.6) is 11.5 Å². The van der Waals surface area contributed by atoms with Crippen LogP contribution < -0.4 is 14.2 Å². The van der Waals surface area contributed by atoms with Gasteiger partial charge in [0.15, 0.2) is 8.32 Å². The van der Waals surface area contributed by atoms with Gasteiger partial charge >= 0.3 is 18.0 Å². The van der Waals surface area contributed by atoms with Gasteiger partial charge < -0.3 is 13.9 Å². The highest BCUT2D eigenvalue weighted by Crippen LogP contribution is 2.51. The van der Waals surface area contributed by atoms with Crippen LogP contribution in [0, 0.1) is 0 Å². The van der Waals surface area contributed by atoms with Gasteiger partial charge in [-0.2, -0.15) is 35.8 Å². The van der Waals surface area contributed by atoms with Crippen molar-refractivity contribution in [1.29, 1.82) is 0 Å². The highest BCUT2D eigenvalue weighted by molar-refractivity contribution is 7.89. The summed E-state index contributed by atoms with van der Waals surface area (Å²) in [6.07, 6.45) is -7.58. The molecule has 9 nitrogen and oxygen atoms in total. The molecular formula is C36H54F7N3O6SSi. The molecule has 1 unspecified atom stereocenters. The number of nitrogens with one attached hydrogen (secondary N) is 1. The zero-order valence-corrected chi connectivity index (χ0v) is 34.3. The van der Waals surface area contributed by atoms with Crippen molar-refractivity contribution >= 4 is 18.3 Å². The van der Waals surface area contributed by atoms with Gasteiger partial charge in [0.1, 0.15) is 17.6 Å². The van der Waals surface area contributed by atoms with Crippen molar-refractivity contribution in [2.75, 3.05) is 20.0 Å². The van der Waals surface area contributed by atoms with Crippen LogP contribution in [0.1, 0.15) is 92.0 Å². The molecule has 0 spiro atoms. The maximum atomic E-state index is 14.7. The first-order valence-corrected chi connectivity index (χ1v) is 21.6. The van der Waals surface area contributed by atoms with E-state index in [2.05, 4.69) is 9.71 Å². The van der Waals surface area contributed by atoms with Crippen LogP contribution in [-0.2, 0) is 25.9 Å². The maximum Gasteiger partial charge on any atom is 0.459 e. The van der Waals surface area contributed by atoms with Gasteiger partial charge in [-0.1, -0.05) is 33.8 Å². The zero-order chi connectivity index (χ0) is 41.1. The van der Waals surface area contributed by atoms with Gasteiger partial charge in [-0.15, -0.1) is 0 Å². The van der Waals surface area contributed by atoms with Crippen LogP contribution in [-0.4, -0.2) is 81.9 Å². The van der Waals surface area contributed by atoms with Gasteiger partial charge in [0.2, 0.25) is 10.0 Å². The third-order valence-electron chi connectivity index (χ3n) is 10.1. The second kappa shape index (κ2) is 16.9. The Morgan fingerprint density at radius 3 is 1.89 bits per heavy atom. The molecule has 1 aliphatic heterocycles. The van der Waals surface area contributed by atoms with E-state index < -0.39 is 88.9 Å². The summed E-state index contributed by atoms with van der Waals surface area (Å²) in [4.78, 5) is 10.6. The Balaban J connectivity index is 1.87. The van der Waals surface area contributed by atoms with Crippen molar-refractivity contribution < 1.29 is 57.9 Å². The predicted molar refractivity (Wildman–Crippen MR) is 194 cm³/mol. The number of sulfonamides is 1. The molecule has 1 aromatic carbocycles. The molecule has 1 saturated heterocycles. The van der Waals surface area contributed by atoms with Crippen LogP contribution >= 0.6 is 0 Å². The minimum atomic E-state index is -6.47. The van der Waals surface area contributed by atoms with E-state index in [1.807, 2.05) is 44.9 Å². The minimum Gasteiger partial charge on any atom is -0.497 e. The number of halogens is 7. The number of alkyl halides is 7. The molecule has 0 aliphatic carbocycles. The van der Waals surface area contributed by atoms with Crippen molar-refractivity contribution in [3.63, 3.8) is 0 Å². The van der Waals surface area contributed by atoms with Crippen molar-refractivity contribution in [3.8, 4) is 11.5 Å². The SMILES string of the molecule is COc1cc(CON2C(C)(C)CC(NS(=O)(=O)CC(O[Si](CCC(F)(F)C(F)(F)C(F)(F)F)(C(C)C)C(C)C)c3ccccn3)CC2(C)C)cc(OC)c1. The molecule has 1 N–H and O–H groups in total. The highest BCUT2D eigenvalue weighted by atomic mass is 32.2. The summed E-state index contributed by atoms with van der Waals surface area (Å²) in [5.41, 5.74) is -1.60. The monoisotopic (exact) mass is 817 g/mol. The lowest BCUT2D eigenvalue weighted by Crippen LogP contribution is -2.64. The zero-order valence-electron chi connectivity index (χ0n) is 32.5. The number of benzene rings is 1. The smallest absolute Gasteiger partial charge is 0.459 e. The number of hydrogen-bond acceptors (Lipinski definition) is 8. The van der Waals surface area contributed by atoms with Gasteiger partial charge in [0.05, 0.1) is 32.3 Å². The standard InChI is InChI=1S/C36H54F7N3O6SSi/c1-24(2)54(25(3)4,16-14-34(37,38)35(39,40)36(41,42)43)52-31(30-13-11-12-15-44-30)23-53(47,48)45-27-20-32(5,6)46(33(7,8)21-27)51-22-26-17-28(49-9)19-29(18-26)50-10/h11-13,15,17-19,24-25,27,31,45H,14,16,20-23H2,1-10H3. The Labute approximate surface area is 315 Å². The van der Waals surface area contributed by atoms with Gasteiger partial charge in [-0.25, -0.2) is 13.1 Å². The molecule has 308 valence electrons. The van der Waals surface area contributed by atoms with Crippen LogP contribution in [0.2, 0.25) is 17.1 Å². The lowest BCUT2D eigenvalue weighted by Gasteiger charge is -2.53. The summed E-state index contributed by atoms with van der Waals surface area (Å²) in [5, 5.41) is 1.85. The lowest BCUT2D eigenvalue weighted by molar-refractivity contribution is -0.354. The largest absolute Gasteiger partial charge is 0.497 e. The van der Waals surface area contributed by atoms with E-state index in [1.54, 1.807) is 60.1 Å². The summed E-state index contributed by atoms with van der Waals surface area (Å²) in [6.45, 7) is 14.3. The number of rotatable bonds is 18. The molecule has 1 aliphatic rings. The number of hydroxylamine groups is 2. The topological polar surface area (TPSA) is 99.2 Å². The van der Waals surface area contributed by atoms with E-state index in [0.717, 1.165) is 5.56 Å². The van der Waals surface area contributed by atoms with Crippen LogP contribution in [0.3, 0.4) is 0 Å². The fraction of sp³-hybridized carbons (Fsp3) is 0.694. The van der Waals surface area contributed by atoms with E-state index in [0.29, 0.717) is 24.3 Å². The number of hydrogen-bond donors (Lipinski definition) is 1. The summed E-state index contributed by atoms with van der Waals surface area (Å²) in [5.74, 6) is -11.2. The first kappa shape index (κ1) is 45.9. The van der Waals surface area contributed by atoms with Gasteiger partial charge in [-0.05, 0) is 87.5 Å². The fourth-order valence-corrected chi connectivity index (χ4v) is 13.7. The van der Waals surface area contributed by atoms with E-state index in [-0.39, 0.29) is 12.3 Å². The molecule has 54 heavy (non-hydrogen) atoms. The molecule has 0 saturated carbocycles. The second-order valence-electron chi connectivity index (χ2n) is 15.8. The van der Waals surface area contributed by atoms with Crippen molar-refractivity contribution in [3.05, 3.63) is 53.9 Å². The predicted octanol–water partition coefficient (Wildman–Crippen LogP) is 9.22. The number of methoxy groups -OCH3 is 2. The Morgan fingerprint density at radius 2 is 1.44 bits per heavy atom. The normalized spacial score (nSPS) is 18.3. The van der Waals surface area contributed by atoms with E-state index in [9.17, 15) is 39.2 Å². The maximum absolute atomic E-state index is 14.7. The number of nitrogens with zero attached hydrogens (tertiary/aromatic N) is 2. The Hall–Kier alpha value is -2.51. The van der Waals surface area contributed by atoms with Gasteiger partial charge in [-0.3, -0.25) is 9.82 Å². The van der Waals surface area contributed by atoms with Crippen LogP contribution in [0.4, 0.5) is 30.7 Å². The Morgan fingerprint density at radius 1 is 0.907 bits per heavy atom. The van der Waals surface area contributed by atoms with Crippen molar-refractivity contribution in [2.45, 2.75) is 140 Å². The number of aromatic nitrogens is 1. The van der Waals surface area contributed by atoms with Crippen molar-refractivity contribution in [2.24, 2.45) is 0 Å². The summed E-state index contributed by atoms with van der Waals surface area (Å²) in [6, 6.07) is 8.66. The summed E-state index contributed by atoms with van der Waals surface area (Å²) in [7, 11) is -4.89. The minimum absolute atomic E-state index is 0.145. The van der Waals surface area contributed by atoms with Crippen molar-refractivity contribution in [1.82, 2.24) is 14.8 Å². The van der Waals surface area contributed by atoms with Gasteiger partial charge in [0, 0.05) is 35.8 Å². The average Bonchev–Trinajstić information content (AvgIpc) is 3.04. The van der Waals surface area contributed by atoms with Crippen LogP contribution in [0.25, 0.3) is 0 Å². The molecule has 1 aromatic heterocycles. The summed E-state index contributed by atoms with van der Waals surface area (Å²) < 4.78 is 144. The number of ether oxygens (including phenoxy) is 2. The average molecular weight is 818 g/mol. The highest BCUT2D eigenvalue weighted by Gasteiger charge is 2.72. The third kappa shape index (κ3) is 10.7. The van der Waals surface area contributed by atoms with Crippen LogP contribution in [0.15, 0.2) is 42.6 Å². The molecule has 3 rings (SSSR count). The molecule has 18 heteroatoms. The van der Waals surface area contributed by atoms with E-state index in [1.165, 1.54) is 12.3 Å². The third-order valence-corrected chi connectivity index (χ3v) is 17.2. The Kier molecular flexibility index (Phi) is 14.4. The fourth-order valence-electron chi connectivity index (χ4n) is 7.59. The molecule has 1 atom stereocenters. The molecule has 0 bridgehead atoms. The second-order valence-corrected chi connectivity index (χ2v) is 22.6. The number of pyridine rings is 1. The first-order chi connectivity index (χ1) is 24.6. The number of piperidine rings is 1. The molecule has 2 heterocycles. The summed E-state index contributed by atoms with van der Waals surface area (Å²) >= 11 is 0. The quantitative estimate of drug-likeness (QED) is 0.118. The van der Waals surface area contributed by atoms with E-state index in [4.69, 9.17) is 18.7 Å². The first-order valence-electron chi connectivity index (χ1n) is 17.7. The molecule has 0 radical (unpaired) electrons. The molecular weight excluding hydrogens is 764 g/mol. The van der Waals surface area contributed by atoms with Gasteiger partial charge in [0.25, 0.3) is 0 Å². The lowest BCUT2D eigenvalue weighted by atomic mass is 9.79. The molecule has 0 amide bonds. The molecule has 2 aromatic rings. The molecule has 1 fully saturated rings.